The number of amides is 1. The summed E-state index contributed by atoms with van der Waals surface area (Å²) in [5.74, 6) is -0.793. The summed E-state index contributed by atoms with van der Waals surface area (Å²) >= 11 is 0. The van der Waals surface area contributed by atoms with Crippen molar-refractivity contribution in [1.82, 2.24) is 4.90 Å². The Bertz CT molecular complexity index is 566. The van der Waals surface area contributed by atoms with Gasteiger partial charge in [-0.1, -0.05) is 6.07 Å². The third kappa shape index (κ3) is 2.76. The first-order chi connectivity index (χ1) is 7.85. The lowest BCUT2D eigenvalue weighted by molar-refractivity contribution is -0.129. The average Bonchev–Trinajstić information content (AvgIpc) is 2.57. The molecular formula is C11H14N2O3S. The van der Waals surface area contributed by atoms with Gasteiger partial charge in [0.25, 0.3) is 0 Å². The molecule has 5 nitrogen and oxygen atoms in total. The molecule has 0 spiro atoms. The minimum Gasteiger partial charge on any atom is -0.399 e. The van der Waals surface area contributed by atoms with Crippen molar-refractivity contribution in [2.24, 2.45) is 0 Å². The highest BCUT2D eigenvalue weighted by Gasteiger charge is 2.25. The molecule has 92 valence electrons. The van der Waals surface area contributed by atoms with E-state index in [4.69, 9.17) is 5.73 Å². The van der Waals surface area contributed by atoms with E-state index in [1.807, 2.05) is 12.1 Å². The third-order valence-electron chi connectivity index (χ3n) is 2.69. The number of nitrogens with two attached hydrogens (primary N) is 1. The van der Waals surface area contributed by atoms with Gasteiger partial charge in [0.15, 0.2) is 9.84 Å². The molecule has 6 heteroatoms. The molecule has 17 heavy (non-hydrogen) atoms. The monoisotopic (exact) mass is 254 g/mol. The van der Waals surface area contributed by atoms with Crippen molar-refractivity contribution in [3.8, 4) is 0 Å². The topological polar surface area (TPSA) is 80.5 Å². The van der Waals surface area contributed by atoms with Crippen molar-refractivity contribution >= 4 is 21.4 Å². The number of benzene rings is 1. The lowest BCUT2D eigenvalue weighted by atomic mass is 10.1. The summed E-state index contributed by atoms with van der Waals surface area (Å²) in [6.07, 6.45) is 1.06. The standard InChI is InChI=1S/C11H14N2O3S/c1-17(15,16)7-11(14)13-5-8-2-3-10(12)4-9(8)6-13/h2-4H,5-7,12H2,1H3. The number of hydrogen-bond acceptors (Lipinski definition) is 4. The van der Waals surface area contributed by atoms with Gasteiger partial charge >= 0.3 is 0 Å². The van der Waals surface area contributed by atoms with Gasteiger partial charge in [-0.05, 0) is 23.3 Å². The highest BCUT2D eigenvalue weighted by Crippen LogP contribution is 2.24. The molecule has 1 aromatic carbocycles. The number of fused-ring (bicyclic) bond motifs is 1. The van der Waals surface area contributed by atoms with Crippen LogP contribution in [0.1, 0.15) is 11.1 Å². The predicted octanol–water partition coefficient (Wildman–Crippen LogP) is 0.156. The van der Waals surface area contributed by atoms with Crippen LogP contribution >= 0.6 is 0 Å². The summed E-state index contributed by atoms with van der Waals surface area (Å²) in [5.41, 5.74) is 8.33. The summed E-state index contributed by atoms with van der Waals surface area (Å²) in [7, 11) is -3.27. The zero-order chi connectivity index (χ0) is 12.6. The smallest absolute Gasteiger partial charge is 0.238 e. The first-order valence-corrected chi connectivity index (χ1v) is 7.24. The number of carbonyl (C=O) groups is 1. The number of hydrogen-bond donors (Lipinski definition) is 1. The van der Waals surface area contributed by atoms with Crippen LogP contribution in [0.3, 0.4) is 0 Å². The molecule has 2 rings (SSSR count). The predicted molar refractivity (Wildman–Crippen MR) is 64.8 cm³/mol. The summed E-state index contributed by atoms with van der Waals surface area (Å²) in [6, 6.07) is 5.48. The van der Waals surface area contributed by atoms with E-state index < -0.39 is 15.6 Å². The van der Waals surface area contributed by atoms with Gasteiger partial charge in [0.2, 0.25) is 5.91 Å². The van der Waals surface area contributed by atoms with Gasteiger partial charge in [0, 0.05) is 25.0 Å². The van der Waals surface area contributed by atoms with Gasteiger partial charge in [-0.15, -0.1) is 0 Å². The van der Waals surface area contributed by atoms with E-state index >= 15 is 0 Å². The van der Waals surface area contributed by atoms with E-state index in [1.165, 1.54) is 4.90 Å². The van der Waals surface area contributed by atoms with Crippen LogP contribution in [0, 0.1) is 0 Å². The second-order valence-corrected chi connectivity index (χ2v) is 6.49. The van der Waals surface area contributed by atoms with Crippen LogP contribution in [0.2, 0.25) is 0 Å². The fourth-order valence-corrected chi connectivity index (χ4v) is 2.54. The Hall–Kier alpha value is -1.56. The van der Waals surface area contributed by atoms with Crippen molar-refractivity contribution in [3.05, 3.63) is 29.3 Å². The fourth-order valence-electron chi connectivity index (χ4n) is 1.91. The molecule has 0 bridgehead atoms. The second kappa shape index (κ2) is 4.03. The molecule has 2 N–H and O–H groups in total. The van der Waals surface area contributed by atoms with Crippen molar-refractivity contribution in [3.63, 3.8) is 0 Å². The number of nitrogens with zero attached hydrogens (tertiary/aromatic N) is 1. The Kier molecular flexibility index (Phi) is 2.82. The summed E-state index contributed by atoms with van der Waals surface area (Å²) in [4.78, 5) is 13.3. The molecule has 0 fully saturated rings. The van der Waals surface area contributed by atoms with Gasteiger partial charge in [-0.3, -0.25) is 4.79 Å². The Morgan fingerprint density at radius 2 is 2.00 bits per heavy atom. The molecule has 1 aromatic rings. The highest BCUT2D eigenvalue weighted by atomic mass is 32.2. The lowest BCUT2D eigenvalue weighted by Crippen LogP contribution is -2.31. The van der Waals surface area contributed by atoms with E-state index in [1.54, 1.807) is 6.07 Å². The SMILES string of the molecule is CS(=O)(=O)CC(=O)N1Cc2ccc(N)cc2C1. The lowest BCUT2D eigenvalue weighted by Gasteiger charge is -2.14. The van der Waals surface area contributed by atoms with Crippen LogP contribution in [-0.2, 0) is 27.7 Å². The zero-order valence-electron chi connectivity index (χ0n) is 9.51. The van der Waals surface area contributed by atoms with Crippen molar-refractivity contribution in [2.45, 2.75) is 13.1 Å². The molecule has 1 aliphatic rings. The van der Waals surface area contributed by atoms with Crippen LogP contribution < -0.4 is 5.73 Å². The van der Waals surface area contributed by atoms with Gasteiger partial charge in [0.1, 0.15) is 5.75 Å². The molecule has 0 saturated heterocycles. The number of anilines is 1. The molecule has 0 aliphatic carbocycles. The van der Waals surface area contributed by atoms with Gasteiger partial charge in [0.05, 0.1) is 0 Å². The van der Waals surface area contributed by atoms with E-state index in [9.17, 15) is 13.2 Å². The van der Waals surface area contributed by atoms with Crippen LogP contribution in [0.25, 0.3) is 0 Å². The first-order valence-electron chi connectivity index (χ1n) is 5.18. The number of nitrogen functional groups attached to an aromatic ring is 1. The van der Waals surface area contributed by atoms with E-state index in [-0.39, 0.29) is 5.91 Å². The van der Waals surface area contributed by atoms with Crippen LogP contribution in [0.5, 0.6) is 0 Å². The summed E-state index contributed by atoms with van der Waals surface area (Å²) < 4.78 is 22.1. The van der Waals surface area contributed by atoms with Crippen LogP contribution in [0.4, 0.5) is 5.69 Å². The maximum Gasteiger partial charge on any atom is 0.238 e. The largest absolute Gasteiger partial charge is 0.399 e. The van der Waals surface area contributed by atoms with E-state index in [0.29, 0.717) is 18.8 Å². The minimum absolute atomic E-state index is 0.359. The van der Waals surface area contributed by atoms with Gasteiger partial charge in [-0.2, -0.15) is 0 Å². The van der Waals surface area contributed by atoms with Crippen LogP contribution in [-0.4, -0.2) is 31.2 Å². The average molecular weight is 254 g/mol. The maximum atomic E-state index is 11.7. The van der Waals surface area contributed by atoms with Crippen LogP contribution in [0.15, 0.2) is 18.2 Å². The molecule has 0 unspecified atom stereocenters. The number of rotatable bonds is 2. The van der Waals surface area contributed by atoms with Crippen molar-refractivity contribution in [1.29, 1.82) is 0 Å². The molecule has 0 aromatic heterocycles. The molecular weight excluding hydrogens is 240 g/mol. The third-order valence-corrected chi connectivity index (χ3v) is 3.46. The summed E-state index contributed by atoms with van der Waals surface area (Å²) in [6.45, 7) is 0.901. The highest BCUT2D eigenvalue weighted by molar-refractivity contribution is 7.91. The molecule has 1 aliphatic heterocycles. The molecule has 0 radical (unpaired) electrons. The molecule has 0 saturated carbocycles. The van der Waals surface area contributed by atoms with Crippen molar-refractivity contribution < 1.29 is 13.2 Å². The number of carbonyl (C=O) groups excluding carboxylic acids is 1. The van der Waals surface area contributed by atoms with E-state index in [2.05, 4.69) is 0 Å². The Morgan fingerprint density at radius 1 is 1.35 bits per heavy atom. The minimum atomic E-state index is -3.27. The van der Waals surface area contributed by atoms with E-state index in [0.717, 1.165) is 17.4 Å². The van der Waals surface area contributed by atoms with Crippen molar-refractivity contribution in [2.75, 3.05) is 17.7 Å². The maximum absolute atomic E-state index is 11.7. The Morgan fingerprint density at radius 3 is 2.65 bits per heavy atom. The first kappa shape index (κ1) is 11.9. The normalized spacial score (nSPS) is 14.8. The van der Waals surface area contributed by atoms with Gasteiger partial charge in [-0.25, -0.2) is 8.42 Å². The molecule has 0 atom stereocenters. The van der Waals surface area contributed by atoms with Gasteiger partial charge < -0.3 is 10.6 Å². The molecule has 1 amide bonds. The summed E-state index contributed by atoms with van der Waals surface area (Å²) in [5, 5.41) is 0. The number of sulfone groups is 1. The fraction of sp³-hybridized carbons (Fsp3) is 0.364. The quantitative estimate of drug-likeness (QED) is 0.762. The zero-order valence-corrected chi connectivity index (χ0v) is 10.3. The Balaban J connectivity index is 2.13. The second-order valence-electron chi connectivity index (χ2n) is 4.35. The Labute approximate surface area is 100 Å². The molecule has 1 heterocycles.